The molecule has 0 spiro atoms. The van der Waals surface area contributed by atoms with E-state index in [9.17, 15) is 17.6 Å². The molecule has 20 heavy (non-hydrogen) atoms. The minimum absolute atomic E-state index is 0.324. The zero-order valence-corrected chi connectivity index (χ0v) is 12.9. The van der Waals surface area contributed by atoms with Gasteiger partial charge >= 0.3 is 0 Å². The normalized spacial score (nSPS) is 19.9. The van der Waals surface area contributed by atoms with Crippen molar-refractivity contribution in [2.75, 3.05) is 24.3 Å². The Morgan fingerprint density at radius 1 is 1.45 bits per heavy atom. The number of carbonyl (C=O) groups is 1. The van der Waals surface area contributed by atoms with Crippen molar-refractivity contribution >= 4 is 27.5 Å². The molecule has 0 radical (unpaired) electrons. The fourth-order valence-electron chi connectivity index (χ4n) is 2.11. The number of amides is 1. The highest BCUT2D eigenvalue weighted by atomic mass is 32.2. The van der Waals surface area contributed by atoms with Gasteiger partial charge in [-0.05, 0) is 30.7 Å². The van der Waals surface area contributed by atoms with Gasteiger partial charge in [-0.25, -0.2) is 12.8 Å². The number of hydrogen-bond acceptors (Lipinski definition) is 4. The summed E-state index contributed by atoms with van der Waals surface area (Å²) < 4.78 is 36.8. The molecule has 1 atom stereocenters. The van der Waals surface area contributed by atoms with E-state index in [1.807, 2.05) is 0 Å². The van der Waals surface area contributed by atoms with Gasteiger partial charge in [0, 0.05) is 29.9 Å². The van der Waals surface area contributed by atoms with Crippen LogP contribution in [0.15, 0.2) is 18.2 Å². The molecule has 0 bridgehead atoms. The fraction of sp³-hybridized carbons (Fsp3) is 0.462. The molecule has 0 N–H and O–H groups in total. The monoisotopic (exact) mass is 317 g/mol. The smallest absolute Gasteiger partial charge is 0.254 e. The van der Waals surface area contributed by atoms with Crippen LogP contribution in [0.5, 0.6) is 0 Å². The van der Waals surface area contributed by atoms with Crippen molar-refractivity contribution in [3.05, 3.63) is 35.1 Å². The van der Waals surface area contributed by atoms with Crippen molar-refractivity contribution in [3.63, 3.8) is 0 Å². The Bertz CT molecular complexity index is 631. The summed E-state index contributed by atoms with van der Waals surface area (Å²) in [7, 11) is -3.34. The van der Waals surface area contributed by atoms with E-state index in [1.165, 1.54) is 34.9 Å². The third kappa shape index (κ3) is 3.15. The number of halogens is 1. The summed E-state index contributed by atoms with van der Waals surface area (Å²) in [4.78, 5) is 13.8. The first-order valence-corrected chi connectivity index (χ1v) is 9.25. The lowest BCUT2D eigenvalue weighted by Crippen LogP contribution is -2.49. The lowest BCUT2D eigenvalue weighted by atomic mass is 10.1. The predicted molar refractivity (Wildman–Crippen MR) is 78.1 cm³/mol. The Kier molecular flexibility index (Phi) is 4.39. The average molecular weight is 317 g/mol. The van der Waals surface area contributed by atoms with Crippen LogP contribution in [0.2, 0.25) is 0 Å². The van der Waals surface area contributed by atoms with Crippen LogP contribution < -0.4 is 0 Å². The van der Waals surface area contributed by atoms with Gasteiger partial charge in [0.2, 0.25) is 0 Å². The van der Waals surface area contributed by atoms with Gasteiger partial charge in [-0.3, -0.25) is 4.79 Å². The topological polar surface area (TPSA) is 54.5 Å². The van der Waals surface area contributed by atoms with Gasteiger partial charge < -0.3 is 4.90 Å². The Morgan fingerprint density at radius 3 is 2.75 bits per heavy atom. The number of thioether (sulfide) groups is 1. The molecule has 1 saturated heterocycles. The van der Waals surface area contributed by atoms with E-state index in [2.05, 4.69) is 0 Å². The second-order valence-corrected chi connectivity index (χ2v) is 8.17. The van der Waals surface area contributed by atoms with Gasteiger partial charge in [0.15, 0.2) is 9.84 Å². The summed E-state index contributed by atoms with van der Waals surface area (Å²) in [6.45, 7) is 1.96. The summed E-state index contributed by atoms with van der Waals surface area (Å²) in [6.07, 6.45) is 1.14. The van der Waals surface area contributed by atoms with E-state index in [-0.39, 0.29) is 11.7 Å². The maximum absolute atomic E-state index is 13.2. The molecule has 2 rings (SSSR count). The highest BCUT2D eigenvalue weighted by Gasteiger charge is 2.34. The largest absolute Gasteiger partial charge is 0.320 e. The molecule has 0 saturated carbocycles. The molecule has 1 unspecified atom stereocenters. The molecule has 1 fully saturated rings. The molecule has 1 amide bonds. The number of rotatable bonds is 2. The quantitative estimate of drug-likeness (QED) is 0.833. The molecule has 1 aliphatic heterocycles. The summed E-state index contributed by atoms with van der Waals surface area (Å²) in [5.74, 6) is 0.349. The molecular formula is C13H16FNO3S2. The van der Waals surface area contributed by atoms with E-state index in [0.29, 0.717) is 29.2 Å². The zero-order chi connectivity index (χ0) is 14.9. The van der Waals surface area contributed by atoms with Crippen LogP contribution in [0.25, 0.3) is 0 Å². The van der Waals surface area contributed by atoms with Crippen LogP contribution in [0.4, 0.5) is 4.39 Å². The van der Waals surface area contributed by atoms with Crippen molar-refractivity contribution in [1.29, 1.82) is 0 Å². The predicted octanol–water partition coefficient (Wildman–Crippen LogP) is 1.69. The fourth-order valence-corrected chi connectivity index (χ4v) is 4.93. The van der Waals surface area contributed by atoms with Gasteiger partial charge in [-0.15, -0.1) is 0 Å². The maximum Gasteiger partial charge on any atom is 0.254 e. The summed E-state index contributed by atoms with van der Waals surface area (Å²) in [5.41, 5.74) is 0.697. The third-order valence-electron chi connectivity index (χ3n) is 3.24. The number of carbonyl (C=O) groups excluding carboxylic acids is 1. The molecular weight excluding hydrogens is 301 g/mol. The second-order valence-electron chi connectivity index (χ2n) is 4.82. The summed E-state index contributed by atoms with van der Waals surface area (Å²) >= 11 is 1.52. The average Bonchev–Trinajstić information content (AvgIpc) is 2.40. The first-order valence-electron chi connectivity index (χ1n) is 6.14. The molecule has 1 aromatic carbocycles. The van der Waals surface area contributed by atoms with Crippen molar-refractivity contribution in [2.45, 2.75) is 12.3 Å². The second kappa shape index (κ2) is 5.73. The summed E-state index contributed by atoms with van der Waals surface area (Å²) in [6, 6.07) is 4.08. The molecule has 110 valence electrons. The van der Waals surface area contributed by atoms with E-state index < -0.39 is 15.2 Å². The number of sulfone groups is 1. The molecule has 1 aliphatic rings. The van der Waals surface area contributed by atoms with Crippen LogP contribution in [0.3, 0.4) is 0 Å². The van der Waals surface area contributed by atoms with Crippen molar-refractivity contribution < 1.29 is 17.6 Å². The van der Waals surface area contributed by atoms with Crippen LogP contribution in [-0.4, -0.2) is 48.9 Å². The Morgan fingerprint density at radius 2 is 2.15 bits per heavy atom. The van der Waals surface area contributed by atoms with Gasteiger partial charge in [-0.1, -0.05) is 0 Å². The maximum atomic E-state index is 13.2. The molecule has 1 heterocycles. The first kappa shape index (κ1) is 15.3. The van der Waals surface area contributed by atoms with Crippen LogP contribution >= 0.6 is 11.8 Å². The minimum Gasteiger partial charge on any atom is -0.320 e. The Labute approximate surface area is 122 Å². The molecule has 1 aromatic rings. The molecule has 7 heteroatoms. The minimum atomic E-state index is -3.34. The van der Waals surface area contributed by atoms with Crippen molar-refractivity contribution in [3.8, 4) is 0 Å². The first-order chi connectivity index (χ1) is 9.30. The third-order valence-corrected chi connectivity index (χ3v) is 5.89. The van der Waals surface area contributed by atoms with E-state index >= 15 is 0 Å². The highest BCUT2D eigenvalue weighted by molar-refractivity contribution is 8.00. The van der Waals surface area contributed by atoms with Crippen LogP contribution in [-0.2, 0) is 9.84 Å². The van der Waals surface area contributed by atoms with Crippen molar-refractivity contribution in [2.24, 2.45) is 0 Å². The highest BCUT2D eigenvalue weighted by Crippen LogP contribution is 2.23. The Balaban J connectivity index is 2.32. The zero-order valence-electron chi connectivity index (χ0n) is 11.3. The standard InChI is InChI=1S/C13H16FNO3S2/c1-9-7-10(3-4-11(9)14)13(16)15-5-6-19-8-12(15)20(2,17)18/h3-4,7,12H,5-6,8H2,1-2H3. The van der Waals surface area contributed by atoms with Crippen LogP contribution in [0.1, 0.15) is 15.9 Å². The molecule has 4 nitrogen and oxygen atoms in total. The molecule has 0 aromatic heterocycles. The number of benzene rings is 1. The van der Waals surface area contributed by atoms with Gasteiger partial charge in [-0.2, -0.15) is 11.8 Å². The van der Waals surface area contributed by atoms with Gasteiger partial charge in [0.05, 0.1) is 0 Å². The number of hydrogen-bond donors (Lipinski definition) is 0. The SMILES string of the molecule is Cc1cc(C(=O)N2CCSCC2S(C)(=O)=O)ccc1F. The van der Waals surface area contributed by atoms with Crippen molar-refractivity contribution in [1.82, 2.24) is 4.90 Å². The van der Waals surface area contributed by atoms with Crippen LogP contribution in [0, 0.1) is 12.7 Å². The van der Waals surface area contributed by atoms with E-state index in [4.69, 9.17) is 0 Å². The van der Waals surface area contributed by atoms with E-state index in [0.717, 1.165) is 6.26 Å². The molecule has 0 aliphatic carbocycles. The lowest BCUT2D eigenvalue weighted by Gasteiger charge is -2.34. The number of aryl methyl sites for hydroxylation is 1. The van der Waals surface area contributed by atoms with Gasteiger partial charge in [0.25, 0.3) is 5.91 Å². The lowest BCUT2D eigenvalue weighted by molar-refractivity contribution is 0.0749. The number of nitrogens with zero attached hydrogens (tertiary/aromatic N) is 1. The van der Waals surface area contributed by atoms with Gasteiger partial charge in [0.1, 0.15) is 11.2 Å². The summed E-state index contributed by atoms with van der Waals surface area (Å²) in [5, 5.41) is -0.806. The Hall–Kier alpha value is -1.08. The van der Waals surface area contributed by atoms with E-state index in [1.54, 1.807) is 6.92 Å².